The molecule has 0 spiro atoms. The number of carboxylic acids is 1. The molecule has 0 amide bonds. The Labute approximate surface area is 113 Å². The molecule has 0 aliphatic heterocycles. The first-order chi connectivity index (χ1) is 8.80. The third-order valence-electron chi connectivity index (χ3n) is 3.48. The second-order valence-electron chi connectivity index (χ2n) is 5.64. The van der Waals surface area contributed by atoms with Gasteiger partial charge in [0.05, 0.1) is 5.41 Å². The molecule has 106 valence electrons. The Hall–Kier alpha value is -1.42. The van der Waals surface area contributed by atoms with Crippen LogP contribution in [0.1, 0.15) is 31.4 Å². The lowest BCUT2D eigenvalue weighted by molar-refractivity contribution is -0.149. The first kappa shape index (κ1) is 15.6. The summed E-state index contributed by atoms with van der Waals surface area (Å²) in [4.78, 5) is 11.6. The Morgan fingerprint density at radius 2 is 2.11 bits per heavy atom. The minimum Gasteiger partial charge on any atom is -0.481 e. The second kappa shape index (κ2) is 6.15. The normalized spacial score (nSPS) is 14.4. The molecule has 0 bridgehead atoms. The standard InChI is InChI=1S/C15H22FNO2/c1-10(2)7-15(9-17,14(18)19)8-12-4-5-13(16)6-11(12)3/h4-6,10H,7-9,17H2,1-3H3,(H,18,19). The zero-order chi connectivity index (χ0) is 14.6. The summed E-state index contributed by atoms with van der Waals surface area (Å²) in [5.41, 5.74) is 6.36. The monoisotopic (exact) mass is 267 g/mol. The summed E-state index contributed by atoms with van der Waals surface area (Å²) in [6.07, 6.45) is 0.846. The molecule has 0 aliphatic rings. The number of aryl methyl sites for hydroxylation is 1. The van der Waals surface area contributed by atoms with Crippen LogP contribution in [-0.4, -0.2) is 17.6 Å². The van der Waals surface area contributed by atoms with Crippen LogP contribution in [0.3, 0.4) is 0 Å². The van der Waals surface area contributed by atoms with Gasteiger partial charge in [-0.2, -0.15) is 0 Å². The average molecular weight is 267 g/mol. The van der Waals surface area contributed by atoms with Crippen LogP contribution in [0.15, 0.2) is 18.2 Å². The molecule has 3 nitrogen and oxygen atoms in total. The van der Waals surface area contributed by atoms with Crippen LogP contribution < -0.4 is 5.73 Å². The predicted molar refractivity (Wildman–Crippen MR) is 73.4 cm³/mol. The van der Waals surface area contributed by atoms with Gasteiger partial charge in [0.25, 0.3) is 0 Å². The third-order valence-corrected chi connectivity index (χ3v) is 3.48. The number of hydrogen-bond acceptors (Lipinski definition) is 2. The number of carbonyl (C=O) groups is 1. The lowest BCUT2D eigenvalue weighted by Crippen LogP contribution is -2.42. The number of nitrogens with two attached hydrogens (primary N) is 1. The van der Waals surface area contributed by atoms with E-state index in [0.29, 0.717) is 12.8 Å². The van der Waals surface area contributed by atoms with Crippen LogP contribution in [0.2, 0.25) is 0 Å². The molecule has 1 atom stereocenters. The maximum atomic E-state index is 13.1. The maximum Gasteiger partial charge on any atom is 0.311 e. The lowest BCUT2D eigenvalue weighted by Gasteiger charge is -2.30. The summed E-state index contributed by atoms with van der Waals surface area (Å²) < 4.78 is 13.1. The molecule has 3 N–H and O–H groups in total. The van der Waals surface area contributed by atoms with Crippen molar-refractivity contribution < 1.29 is 14.3 Å². The second-order valence-corrected chi connectivity index (χ2v) is 5.64. The molecule has 0 fully saturated rings. The van der Waals surface area contributed by atoms with Crippen molar-refractivity contribution in [2.75, 3.05) is 6.54 Å². The Balaban J connectivity index is 3.09. The highest BCUT2D eigenvalue weighted by Gasteiger charge is 2.38. The van der Waals surface area contributed by atoms with Crippen molar-refractivity contribution >= 4 is 5.97 Å². The van der Waals surface area contributed by atoms with Crippen LogP contribution in [-0.2, 0) is 11.2 Å². The molecule has 0 saturated carbocycles. The van der Waals surface area contributed by atoms with Crippen molar-refractivity contribution in [3.05, 3.63) is 35.1 Å². The average Bonchev–Trinajstić information content (AvgIpc) is 2.30. The van der Waals surface area contributed by atoms with E-state index in [1.54, 1.807) is 13.0 Å². The quantitative estimate of drug-likeness (QED) is 0.833. The molecule has 0 heterocycles. The van der Waals surface area contributed by atoms with Gasteiger partial charge in [-0.1, -0.05) is 19.9 Å². The van der Waals surface area contributed by atoms with E-state index in [9.17, 15) is 14.3 Å². The molecular weight excluding hydrogens is 245 g/mol. The van der Waals surface area contributed by atoms with E-state index in [1.165, 1.54) is 12.1 Å². The predicted octanol–water partition coefficient (Wildman–Crippen LogP) is 2.75. The fraction of sp³-hybridized carbons (Fsp3) is 0.533. The molecule has 1 unspecified atom stereocenters. The van der Waals surface area contributed by atoms with Gasteiger partial charge < -0.3 is 10.8 Å². The highest BCUT2D eigenvalue weighted by atomic mass is 19.1. The molecule has 0 radical (unpaired) electrons. The van der Waals surface area contributed by atoms with E-state index >= 15 is 0 Å². The number of aliphatic carboxylic acids is 1. The van der Waals surface area contributed by atoms with Gasteiger partial charge in [0.1, 0.15) is 5.82 Å². The first-order valence-electron chi connectivity index (χ1n) is 6.49. The van der Waals surface area contributed by atoms with Crippen LogP contribution >= 0.6 is 0 Å². The van der Waals surface area contributed by atoms with Crippen molar-refractivity contribution in [2.24, 2.45) is 17.1 Å². The smallest absolute Gasteiger partial charge is 0.311 e. The molecule has 0 saturated heterocycles. The zero-order valence-electron chi connectivity index (χ0n) is 11.7. The highest BCUT2D eigenvalue weighted by Crippen LogP contribution is 2.31. The third kappa shape index (κ3) is 3.77. The van der Waals surface area contributed by atoms with Crippen LogP contribution in [0, 0.1) is 24.1 Å². The van der Waals surface area contributed by atoms with Gasteiger partial charge >= 0.3 is 5.97 Å². The minimum atomic E-state index is -0.975. The largest absolute Gasteiger partial charge is 0.481 e. The van der Waals surface area contributed by atoms with Gasteiger partial charge in [-0.05, 0) is 48.9 Å². The van der Waals surface area contributed by atoms with E-state index in [4.69, 9.17) is 5.73 Å². The van der Waals surface area contributed by atoms with Crippen molar-refractivity contribution in [1.29, 1.82) is 0 Å². The van der Waals surface area contributed by atoms with Gasteiger partial charge in [0.15, 0.2) is 0 Å². The van der Waals surface area contributed by atoms with Crippen LogP contribution in [0.4, 0.5) is 4.39 Å². The van der Waals surface area contributed by atoms with E-state index < -0.39 is 11.4 Å². The van der Waals surface area contributed by atoms with E-state index in [-0.39, 0.29) is 18.3 Å². The minimum absolute atomic E-state index is 0.0807. The summed E-state index contributed by atoms with van der Waals surface area (Å²) >= 11 is 0. The molecule has 1 aromatic rings. The molecule has 0 aromatic heterocycles. The fourth-order valence-corrected chi connectivity index (χ4v) is 2.48. The number of benzene rings is 1. The van der Waals surface area contributed by atoms with Crippen molar-refractivity contribution in [3.63, 3.8) is 0 Å². The molecular formula is C15H22FNO2. The Morgan fingerprint density at radius 3 is 2.53 bits per heavy atom. The summed E-state index contributed by atoms with van der Waals surface area (Å²) in [6, 6.07) is 4.44. The fourth-order valence-electron chi connectivity index (χ4n) is 2.48. The molecule has 4 heteroatoms. The van der Waals surface area contributed by atoms with E-state index in [2.05, 4.69) is 0 Å². The Morgan fingerprint density at radius 1 is 1.47 bits per heavy atom. The SMILES string of the molecule is Cc1cc(F)ccc1CC(CN)(CC(C)C)C(=O)O. The van der Waals surface area contributed by atoms with Crippen molar-refractivity contribution in [3.8, 4) is 0 Å². The van der Waals surface area contributed by atoms with Gasteiger partial charge in [0.2, 0.25) is 0 Å². The first-order valence-corrected chi connectivity index (χ1v) is 6.49. The van der Waals surface area contributed by atoms with Crippen LogP contribution in [0.5, 0.6) is 0 Å². The maximum absolute atomic E-state index is 13.1. The number of hydrogen-bond donors (Lipinski definition) is 2. The number of carboxylic acid groups (broad SMARTS) is 1. The summed E-state index contributed by atoms with van der Waals surface area (Å²) in [7, 11) is 0. The Kier molecular flexibility index (Phi) is 5.06. The molecule has 19 heavy (non-hydrogen) atoms. The Bertz CT molecular complexity index is 459. The van der Waals surface area contributed by atoms with Gasteiger partial charge in [-0.15, -0.1) is 0 Å². The van der Waals surface area contributed by atoms with Crippen LogP contribution in [0.25, 0.3) is 0 Å². The summed E-state index contributed by atoms with van der Waals surface area (Å²) in [5.74, 6) is -0.952. The van der Waals surface area contributed by atoms with Gasteiger partial charge in [0, 0.05) is 6.54 Å². The molecule has 0 aliphatic carbocycles. The summed E-state index contributed by atoms with van der Waals surface area (Å²) in [6.45, 7) is 5.82. The van der Waals surface area contributed by atoms with E-state index in [1.807, 2.05) is 13.8 Å². The van der Waals surface area contributed by atoms with Gasteiger partial charge in [-0.3, -0.25) is 4.79 Å². The topological polar surface area (TPSA) is 63.3 Å². The number of halogens is 1. The van der Waals surface area contributed by atoms with Crippen molar-refractivity contribution in [1.82, 2.24) is 0 Å². The molecule has 1 aromatic carbocycles. The zero-order valence-corrected chi connectivity index (χ0v) is 11.7. The summed E-state index contributed by atoms with van der Waals surface area (Å²) in [5, 5.41) is 9.53. The number of rotatable bonds is 6. The highest BCUT2D eigenvalue weighted by molar-refractivity contribution is 5.75. The van der Waals surface area contributed by atoms with Gasteiger partial charge in [-0.25, -0.2) is 4.39 Å². The molecule has 1 rings (SSSR count). The van der Waals surface area contributed by atoms with Crippen molar-refractivity contribution in [2.45, 2.75) is 33.6 Å². The lowest BCUT2D eigenvalue weighted by atomic mass is 9.75. The van der Waals surface area contributed by atoms with E-state index in [0.717, 1.165) is 11.1 Å².